The van der Waals surface area contributed by atoms with Gasteiger partial charge in [-0.05, 0) is 47.3 Å². The van der Waals surface area contributed by atoms with Crippen molar-refractivity contribution >= 4 is 33.2 Å². The number of primary amides is 1. The van der Waals surface area contributed by atoms with Crippen molar-refractivity contribution in [2.24, 2.45) is 11.5 Å². The Balaban J connectivity index is 2.38. The van der Waals surface area contributed by atoms with Crippen molar-refractivity contribution in [3.63, 3.8) is 0 Å². The third kappa shape index (κ3) is 4.23. The molecule has 3 nitrogen and oxygen atoms in total. The first-order chi connectivity index (χ1) is 7.50. The summed E-state index contributed by atoms with van der Waals surface area (Å²) in [5.41, 5.74) is 12.4. The molecule has 16 heavy (non-hydrogen) atoms. The Bertz CT molecular complexity index is 365. The SMILES string of the molecule is Cc1sc(Br)cc1C(N)CCCCC(N)=O. The molecule has 0 saturated heterocycles. The second kappa shape index (κ2) is 6.37. The lowest BCUT2D eigenvalue weighted by molar-refractivity contribution is -0.118. The smallest absolute Gasteiger partial charge is 0.217 e. The molecule has 90 valence electrons. The molecular weight excluding hydrogens is 288 g/mol. The Kier molecular flexibility index (Phi) is 5.44. The van der Waals surface area contributed by atoms with Gasteiger partial charge in [-0.25, -0.2) is 0 Å². The highest BCUT2D eigenvalue weighted by molar-refractivity contribution is 9.11. The van der Waals surface area contributed by atoms with E-state index in [1.165, 1.54) is 10.4 Å². The highest BCUT2D eigenvalue weighted by atomic mass is 79.9. The first-order valence-electron chi connectivity index (χ1n) is 5.30. The van der Waals surface area contributed by atoms with E-state index < -0.39 is 0 Å². The van der Waals surface area contributed by atoms with Crippen LogP contribution in [0.5, 0.6) is 0 Å². The van der Waals surface area contributed by atoms with Gasteiger partial charge in [-0.15, -0.1) is 11.3 Å². The lowest BCUT2D eigenvalue weighted by atomic mass is 10.0. The standard InChI is InChI=1S/C11H17BrN2OS/c1-7-8(6-10(12)16-7)9(13)4-2-3-5-11(14)15/h6,9H,2-5,13H2,1H3,(H2,14,15). The van der Waals surface area contributed by atoms with Crippen LogP contribution < -0.4 is 11.5 Å². The van der Waals surface area contributed by atoms with Gasteiger partial charge in [0.15, 0.2) is 0 Å². The van der Waals surface area contributed by atoms with Crippen LogP contribution in [0.25, 0.3) is 0 Å². The van der Waals surface area contributed by atoms with Crippen LogP contribution in [0.4, 0.5) is 0 Å². The number of amides is 1. The number of carbonyl (C=O) groups is 1. The van der Waals surface area contributed by atoms with Crippen molar-refractivity contribution < 1.29 is 4.79 Å². The van der Waals surface area contributed by atoms with Gasteiger partial charge in [0, 0.05) is 17.3 Å². The number of thiophene rings is 1. The van der Waals surface area contributed by atoms with Gasteiger partial charge in [0.1, 0.15) is 0 Å². The molecule has 0 bridgehead atoms. The minimum Gasteiger partial charge on any atom is -0.370 e. The zero-order valence-corrected chi connectivity index (χ0v) is 11.7. The number of hydrogen-bond donors (Lipinski definition) is 2. The zero-order valence-electron chi connectivity index (χ0n) is 9.33. The Morgan fingerprint density at radius 2 is 2.25 bits per heavy atom. The summed E-state index contributed by atoms with van der Waals surface area (Å²) in [6.07, 6.45) is 3.13. The van der Waals surface area contributed by atoms with Crippen molar-refractivity contribution in [2.75, 3.05) is 0 Å². The van der Waals surface area contributed by atoms with E-state index in [1.807, 2.05) is 0 Å². The second-order valence-corrected chi connectivity index (χ2v) is 6.52. The van der Waals surface area contributed by atoms with Crippen molar-refractivity contribution in [1.29, 1.82) is 0 Å². The Morgan fingerprint density at radius 3 is 2.75 bits per heavy atom. The summed E-state index contributed by atoms with van der Waals surface area (Å²) >= 11 is 5.16. The molecule has 4 N–H and O–H groups in total. The van der Waals surface area contributed by atoms with Crippen molar-refractivity contribution in [1.82, 2.24) is 0 Å². The van der Waals surface area contributed by atoms with E-state index in [4.69, 9.17) is 11.5 Å². The molecule has 0 aliphatic rings. The van der Waals surface area contributed by atoms with Crippen LogP contribution in [-0.2, 0) is 4.79 Å². The Morgan fingerprint density at radius 1 is 1.56 bits per heavy atom. The molecule has 1 rings (SSSR count). The number of hydrogen-bond acceptors (Lipinski definition) is 3. The lowest BCUT2D eigenvalue weighted by Crippen LogP contribution is -2.12. The van der Waals surface area contributed by atoms with Crippen molar-refractivity contribution in [3.8, 4) is 0 Å². The van der Waals surface area contributed by atoms with Gasteiger partial charge >= 0.3 is 0 Å². The summed E-state index contributed by atoms with van der Waals surface area (Å²) in [5.74, 6) is -0.233. The average molecular weight is 305 g/mol. The number of aryl methyl sites for hydroxylation is 1. The zero-order chi connectivity index (χ0) is 12.1. The van der Waals surface area contributed by atoms with E-state index in [1.54, 1.807) is 11.3 Å². The maximum atomic E-state index is 10.6. The molecular formula is C11H17BrN2OS. The minimum atomic E-state index is -0.233. The number of nitrogens with two attached hydrogens (primary N) is 2. The van der Waals surface area contributed by atoms with Gasteiger partial charge in [0.2, 0.25) is 5.91 Å². The van der Waals surface area contributed by atoms with Crippen molar-refractivity contribution in [3.05, 3.63) is 20.3 Å². The fourth-order valence-electron chi connectivity index (χ4n) is 1.65. The van der Waals surface area contributed by atoms with Crippen LogP contribution in [0, 0.1) is 6.92 Å². The third-order valence-corrected chi connectivity index (χ3v) is 4.08. The van der Waals surface area contributed by atoms with E-state index in [9.17, 15) is 4.79 Å². The molecule has 0 aromatic carbocycles. The average Bonchev–Trinajstić information content (AvgIpc) is 2.52. The molecule has 1 atom stereocenters. The molecule has 0 radical (unpaired) electrons. The first kappa shape index (κ1) is 13.7. The summed E-state index contributed by atoms with van der Waals surface area (Å²) in [6.45, 7) is 2.08. The molecule has 1 unspecified atom stereocenters. The Hall–Kier alpha value is -0.390. The van der Waals surface area contributed by atoms with Gasteiger partial charge in [0.25, 0.3) is 0 Å². The molecule has 0 fully saturated rings. The number of halogens is 1. The molecule has 0 spiro atoms. The number of unbranched alkanes of at least 4 members (excludes halogenated alkanes) is 1. The molecule has 1 aromatic rings. The number of carbonyl (C=O) groups excluding carboxylic acids is 1. The largest absolute Gasteiger partial charge is 0.370 e. The van der Waals surface area contributed by atoms with Gasteiger partial charge in [-0.3, -0.25) is 4.79 Å². The lowest BCUT2D eigenvalue weighted by Gasteiger charge is -2.10. The van der Waals surface area contributed by atoms with Crippen LogP contribution in [0.2, 0.25) is 0 Å². The summed E-state index contributed by atoms with van der Waals surface area (Å²) < 4.78 is 1.12. The monoisotopic (exact) mass is 304 g/mol. The summed E-state index contributed by atoms with van der Waals surface area (Å²) in [7, 11) is 0. The second-order valence-electron chi connectivity index (χ2n) is 3.88. The molecule has 5 heteroatoms. The maximum Gasteiger partial charge on any atom is 0.217 e. The van der Waals surface area contributed by atoms with E-state index in [2.05, 4.69) is 28.9 Å². The Labute approximate surface area is 108 Å². The maximum absolute atomic E-state index is 10.6. The fourth-order valence-corrected chi connectivity index (χ4v) is 3.43. The minimum absolute atomic E-state index is 0.0652. The molecule has 1 heterocycles. The van der Waals surface area contributed by atoms with Gasteiger partial charge in [-0.1, -0.05) is 6.42 Å². The third-order valence-electron chi connectivity index (χ3n) is 2.51. The van der Waals surface area contributed by atoms with E-state index in [0.717, 1.165) is 23.0 Å². The first-order valence-corrected chi connectivity index (χ1v) is 6.91. The summed E-state index contributed by atoms with van der Waals surface area (Å²) in [5, 5.41) is 0. The quantitative estimate of drug-likeness (QED) is 0.793. The summed E-state index contributed by atoms with van der Waals surface area (Å²) in [4.78, 5) is 11.8. The topological polar surface area (TPSA) is 69.1 Å². The van der Waals surface area contributed by atoms with Crippen LogP contribution in [0.3, 0.4) is 0 Å². The van der Waals surface area contributed by atoms with Crippen LogP contribution in [0.15, 0.2) is 9.85 Å². The molecule has 0 saturated carbocycles. The van der Waals surface area contributed by atoms with E-state index in [0.29, 0.717) is 6.42 Å². The fraction of sp³-hybridized carbons (Fsp3) is 0.545. The van der Waals surface area contributed by atoms with E-state index in [-0.39, 0.29) is 11.9 Å². The predicted molar refractivity (Wildman–Crippen MR) is 71.3 cm³/mol. The number of rotatable bonds is 6. The normalized spacial score (nSPS) is 12.7. The van der Waals surface area contributed by atoms with Crippen LogP contribution >= 0.6 is 27.3 Å². The molecule has 0 aliphatic carbocycles. The summed E-state index contributed by atoms with van der Waals surface area (Å²) in [6, 6.07) is 2.15. The molecule has 1 aromatic heterocycles. The predicted octanol–water partition coefficient (Wildman–Crippen LogP) is 2.86. The molecule has 0 aliphatic heterocycles. The van der Waals surface area contributed by atoms with Crippen molar-refractivity contribution in [2.45, 2.75) is 38.6 Å². The van der Waals surface area contributed by atoms with Crippen LogP contribution in [-0.4, -0.2) is 5.91 Å². The van der Waals surface area contributed by atoms with Gasteiger partial charge in [0.05, 0.1) is 3.79 Å². The molecule has 1 amide bonds. The van der Waals surface area contributed by atoms with Gasteiger partial charge in [-0.2, -0.15) is 0 Å². The highest BCUT2D eigenvalue weighted by Crippen LogP contribution is 2.31. The van der Waals surface area contributed by atoms with Crippen LogP contribution in [0.1, 0.15) is 42.2 Å². The van der Waals surface area contributed by atoms with E-state index >= 15 is 0 Å². The highest BCUT2D eigenvalue weighted by Gasteiger charge is 2.11. The van der Waals surface area contributed by atoms with Gasteiger partial charge < -0.3 is 11.5 Å².